The fraction of sp³-hybridized carbons (Fsp3) is 0.417. The molecule has 1 atom stereocenters. The molecule has 1 saturated heterocycles. The number of hydrogen-bond donors (Lipinski definition) is 1. The van der Waals surface area contributed by atoms with Crippen molar-refractivity contribution in [1.82, 2.24) is 9.21 Å². The van der Waals surface area contributed by atoms with Gasteiger partial charge in [-0.15, -0.1) is 0 Å². The Morgan fingerprint density at radius 2 is 1.81 bits per heavy atom. The fourth-order valence-corrected chi connectivity index (χ4v) is 4.50. The summed E-state index contributed by atoms with van der Waals surface area (Å²) in [4.78, 5) is 13.0. The lowest BCUT2D eigenvalue weighted by molar-refractivity contribution is -0.143. The third-order valence-electron chi connectivity index (χ3n) is 3.26. The minimum absolute atomic E-state index is 0.0972. The summed E-state index contributed by atoms with van der Waals surface area (Å²) in [5.41, 5.74) is 0. The molecule has 1 aromatic rings. The predicted octanol–water partition coefficient (Wildman–Crippen LogP) is 1.38. The third-order valence-corrected chi connectivity index (χ3v) is 5.58. The van der Waals surface area contributed by atoms with Crippen molar-refractivity contribution in [1.29, 1.82) is 0 Å². The van der Waals surface area contributed by atoms with Crippen molar-refractivity contribution >= 4 is 39.2 Å². The van der Waals surface area contributed by atoms with Gasteiger partial charge in [0.15, 0.2) is 0 Å². The summed E-state index contributed by atoms with van der Waals surface area (Å²) in [5.74, 6) is -1.18. The SMILES string of the molecule is CN1CCN(S(=O)(=O)c2cc(Cl)cc(Cl)c2)C(C(=O)O)C1. The van der Waals surface area contributed by atoms with E-state index in [9.17, 15) is 18.3 Å². The van der Waals surface area contributed by atoms with Gasteiger partial charge in [-0.2, -0.15) is 4.31 Å². The number of hydrogen-bond acceptors (Lipinski definition) is 4. The van der Waals surface area contributed by atoms with Crippen LogP contribution < -0.4 is 0 Å². The smallest absolute Gasteiger partial charge is 0.323 e. The summed E-state index contributed by atoms with van der Waals surface area (Å²) in [6, 6.07) is 2.81. The molecule has 1 unspecified atom stereocenters. The molecule has 1 aromatic carbocycles. The Labute approximate surface area is 132 Å². The summed E-state index contributed by atoms with van der Waals surface area (Å²) in [6.45, 7) is 0.681. The maximum Gasteiger partial charge on any atom is 0.323 e. The van der Waals surface area contributed by atoms with Gasteiger partial charge in [-0.3, -0.25) is 4.79 Å². The Balaban J connectivity index is 2.44. The van der Waals surface area contributed by atoms with Crippen LogP contribution in [-0.2, 0) is 14.8 Å². The number of rotatable bonds is 3. The van der Waals surface area contributed by atoms with Gasteiger partial charge < -0.3 is 10.0 Å². The second-order valence-electron chi connectivity index (χ2n) is 4.84. The monoisotopic (exact) mass is 352 g/mol. The molecule has 1 aliphatic heterocycles. The highest BCUT2D eigenvalue weighted by molar-refractivity contribution is 7.89. The van der Waals surface area contributed by atoms with Gasteiger partial charge in [-0.05, 0) is 25.2 Å². The maximum atomic E-state index is 12.6. The number of likely N-dealkylation sites (N-methyl/N-ethyl adjacent to an activating group) is 1. The molecular formula is C12H14Cl2N2O4S. The molecule has 116 valence electrons. The van der Waals surface area contributed by atoms with Crippen LogP contribution in [0.15, 0.2) is 23.1 Å². The topological polar surface area (TPSA) is 77.9 Å². The van der Waals surface area contributed by atoms with Gasteiger partial charge >= 0.3 is 5.97 Å². The molecule has 2 rings (SSSR count). The van der Waals surface area contributed by atoms with Gasteiger partial charge in [-0.1, -0.05) is 23.2 Å². The Hall–Kier alpha value is -0.860. The van der Waals surface area contributed by atoms with Crippen LogP contribution in [0.25, 0.3) is 0 Å². The van der Waals surface area contributed by atoms with Crippen LogP contribution in [0.5, 0.6) is 0 Å². The number of carboxylic acids is 1. The van der Waals surface area contributed by atoms with E-state index in [0.29, 0.717) is 6.54 Å². The fourth-order valence-electron chi connectivity index (χ4n) is 2.20. The zero-order valence-electron chi connectivity index (χ0n) is 11.2. The van der Waals surface area contributed by atoms with Gasteiger partial charge in [0.2, 0.25) is 10.0 Å². The molecule has 1 aliphatic rings. The highest BCUT2D eigenvalue weighted by Crippen LogP contribution is 2.27. The summed E-state index contributed by atoms with van der Waals surface area (Å²) in [5, 5.41) is 9.63. The second-order valence-corrected chi connectivity index (χ2v) is 7.60. The maximum absolute atomic E-state index is 12.6. The van der Waals surface area contributed by atoms with E-state index in [0.717, 1.165) is 4.31 Å². The minimum Gasteiger partial charge on any atom is -0.480 e. The van der Waals surface area contributed by atoms with Gasteiger partial charge in [0.1, 0.15) is 6.04 Å². The number of carbonyl (C=O) groups is 1. The lowest BCUT2D eigenvalue weighted by atomic mass is 10.2. The number of benzene rings is 1. The molecule has 1 N–H and O–H groups in total. The largest absolute Gasteiger partial charge is 0.480 e. The second kappa shape index (κ2) is 6.10. The Bertz CT molecular complexity index is 645. The Kier molecular flexibility index (Phi) is 4.79. The van der Waals surface area contributed by atoms with Crippen molar-refractivity contribution in [2.75, 3.05) is 26.7 Å². The molecule has 1 heterocycles. The molecule has 0 aliphatic carbocycles. The van der Waals surface area contributed by atoms with Crippen molar-refractivity contribution in [3.63, 3.8) is 0 Å². The molecule has 0 bridgehead atoms. The first-order valence-corrected chi connectivity index (χ1v) is 8.30. The quantitative estimate of drug-likeness (QED) is 0.888. The van der Waals surface area contributed by atoms with Crippen molar-refractivity contribution in [2.24, 2.45) is 0 Å². The van der Waals surface area contributed by atoms with Crippen LogP contribution in [0.1, 0.15) is 0 Å². The predicted molar refractivity (Wildman–Crippen MR) is 79.3 cm³/mol. The number of aliphatic carboxylic acids is 1. The summed E-state index contributed by atoms with van der Waals surface area (Å²) < 4.78 is 26.3. The van der Waals surface area contributed by atoms with E-state index in [2.05, 4.69) is 0 Å². The zero-order valence-corrected chi connectivity index (χ0v) is 13.5. The number of carboxylic acid groups (broad SMARTS) is 1. The Morgan fingerprint density at radius 1 is 1.24 bits per heavy atom. The normalized spacial score (nSPS) is 21.4. The lowest BCUT2D eigenvalue weighted by Crippen LogP contribution is -2.57. The molecule has 0 aromatic heterocycles. The average Bonchev–Trinajstić information content (AvgIpc) is 2.37. The number of halogens is 2. The van der Waals surface area contributed by atoms with E-state index >= 15 is 0 Å². The molecule has 0 radical (unpaired) electrons. The minimum atomic E-state index is -3.97. The van der Waals surface area contributed by atoms with E-state index < -0.39 is 22.0 Å². The van der Waals surface area contributed by atoms with Crippen LogP contribution >= 0.6 is 23.2 Å². The first kappa shape index (κ1) is 16.5. The summed E-state index contributed by atoms with van der Waals surface area (Å²) >= 11 is 11.7. The van der Waals surface area contributed by atoms with Gasteiger partial charge in [0.25, 0.3) is 0 Å². The first-order valence-electron chi connectivity index (χ1n) is 6.11. The molecule has 6 nitrogen and oxygen atoms in total. The summed E-state index contributed by atoms with van der Waals surface area (Å²) in [6.07, 6.45) is 0. The van der Waals surface area contributed by atoms with Crippen molar-refractivity contribution in [3.05, 3.63) is 28.2 Å². The van der Waals surface area contributed by atoms with E-state index in [4.69, 9.17) is 23.2 Å². The zero-order chi connectivity index (χ0) is 15.8. The van der Waals surface area contributed by atoms with Crippen LogP contribution in [0.4, 0.5) is 0 Å². The van der Waals surface area contributed by atoms with Gasteiger partial charge in [0, 0.05) is 29.7 Å². The first-order chi connectivity index (χ1) is 9.71. The van der Waals surface area contributed by atoms with E-state index in [1.807, 2.05) is 0 Å². The molecule has 21 heavy (non-hydrogen) atoms. The van der Waals surface area contributed by atoms with E-state index in [1.165, 1.54) is 18.2 Å². The van der Waals surface area contributed by atoms with Crippen LogP contribution in [0.2, 0.25) is 10.0 Å². The van der Waals surface area contributed by atoms with Crippen molar-refractivity contribution in [3.8, 4) is 0 Å². The van der Waals surface area contributed by atoms with Crippen LogP contribution in [-0.4, -0.2) is 61.4 Å². The van der Waals surface area contributed by atoms with Gasteiger partial charge in [0.05, 0.1) is 4.90 Å². The van der Waals surface area contributed by atoms with Crippen LogP contribution in [0, 0.1) is 0 Å². The third kappa shape index (κ3) is 3.49. The molecule has 1 fully saturated rings. The van der Waals surface area contributed by atoms with E-state index in [-0.39, 0.29) is 28.0 Å². The van der Waals surface area contributed by atoms with Crippen molar-refractivity contribution < 1.29 is 18.3 Å². The highest BCUT2D eigenvalue weighted by Gasteiger charge is 2.39. The van der Waals surface area contributed by atoms with Gasteiger partial charge in [-0.25, -0.2) is 8.42 Å². The number of sulfonamides is 1. The number of piperazine rings is 1. The highest BCUT2D eigenvalue weighted by atomic mass is 35.5. The molecule has 0 spiro atoms. The standard InChI is InChI=1S/C12H14Cl2N2O4S/c1-15-2-3-16(11(7-15)12(17)18)21(19,20)10-5-8(13)4-9(14)6-10/h4-6,11H,2-3,7H2,1H3,(H,17,18). The number of nitrogens with zero attached hydrogens (tertiary/aromatic N) is 2. The molecule has 0 amide bonds. The van der Waals surface area contributed by atoms with Crippen molar-refractivity contribution in [2.45, 2.75) is 10.9 Å². The van der Waals surface area contributed by atoms with Crippen LogP contribution in [0.3, 0.4) is 0 Å². The summed E-state index contributed by atoms with van der Waals surface area (Å²) in [7, 11) is -2.22. The molecule has 9 heteroatoms. The Morgan fingerprint density at radius 3 is 2.33 bits per heavy atom. The lowest BCUT2D eigenvalue weighted by Gasteiger charge is -2.36. The average molecular weight is 353 g/mol. The van der Waals surface area contributed by atoms with E-state index in [1.54, 1.807) is 11.9 Å². The molecule has 0 saturated carbocycles. The molecular weight excluding hydrogens is 339 g/mol.